The van der Waals surface area contributed by atoms with E-state index in [0.717, 1.165) is 44.9 Å². The highest BCUT2D eigenvalue weighted by Crippen LogP contribution is 2.37. The molecule has 0 fully saturated rings. The minimum atomic E-state index is -1.02. The molecule has 5 aromatic carbocycles. The van der Waals surface area contributed by atoms with E-state index in [1.165, 1.54) is 12.1 Å². The van der Waals surface area contributed by atoms with E-state index in [1.807, 2.05) is 43.3 Å². The summed E-state index contributed by atoms with van der Waals surface area (Å²) in [7, 11) is 0. The molecule has 10 heteroatoms. The maximum atomic E-state index is 12.2. The van der Waals surface area contributed by atoms with Crippen LogP contribution in [0.4, 0.5) is 0 Å². The number of hydrogen-bond acceptors (Lipinski definition) is 8. The number of fused-ring (bicyclic) bond motifs is 1. The smallest absolute Gasteiger partial charge is 0.321 e. The number of carboxylic acids is 1. The third kappa shape index (κ3) is 8.29. The Labute approximate surface area is 295 Å². The fraction of sp³-hybridized carbons (Fsp3) is 0.200. The lowest BCUT2D eigenvalue weighted by Crippen LogP contribution is -2.38. The molecule has 0 aliphatic carbocycles. The van der Waals surface area contributed by atoms with E-state index in [-0.39, 0.29) is 31.9 Å². The largest absolute Gasteiger partial charge is 0.508 e. The first-order valence-electron chi connectivity index (χ1n) is 16.1. The van der Waals surface area contributed by atoms with Crippen molar-refractivity contribution in [1.82, 2.24) is 5.32 Å². The average Bonchev–Trinajstić information content (AvgIpc) is 3.13. The Kier molecular flexibility index (Phi) is 10.7. The topological polar surface area (TPSA) is 130 Å². The molecule has 5 aromatic rings. The van der Waals surface area contributed by atoms with Gasteiger partial charge in [0.15, 0.2) is 11.5 Å². The molecule has 0 spiro atoms. The van der Waals surface area contributed by atoms with Crippen LogP contribution < -0.4 is 24.3 Å². The Balaban J connectivity index is 1.23. The molecule has 6 rings (SSSR count). The molecule has 1 aliphatic rings. The Hall–Kier alpha value is -5.69. The first-order chi connectivity index (χ1) is 24.3. The van der Waals surface area contributed by atoms with E-state index in [2.05, 4.69) is 17.5 Å². The van der Waals surface area contributed by atoms with Gasteiger partial charge in [-0.15, -0.1) is 0 Å². The van der Waals surface area contributed by atoms with Crippen molar-refractivity contribution >= 4 is 17.6 Å². The van der Waals surface area contributed by atoms with E-state index in [1.54, 1.807) is 42.5 Å². The number of aliphatic carboxylic acids is 1. The molecule has 9 nitrogen and oxygen atoms in total. The van der Waals surface area contributed by atoms with Crippen LogP contribution in [0.3, 0.4) is 0 Å². The van der Waals surface area contributed by atoms with Gasteiger partial charge in [-0.25, -0.2) is 0 Å². The third-order valence-corrected chi connectivity index (χ3v) is 8.76. The molecule has 0 radical (unpaired) electrons. The number of benzene rings is 5. The first kappa shape index (κ1) is 34.2. The summed E-state index contributed by atoms with van der Waals surface area (Å²) in [6.07, 6.45) is 0.201. The number of carbonyl (C=O) groups is 1. The number of rotatable bonds is 13. The summed E-state index contributed by atoms with van der Waals surface area (Å²) in [6, 6.07) is 30.2. The first-order valence-corrected chi connectivity index (χ1v) is 16.4. The number of nitrogens with zero attached hydrogens (tertiary/aromatic N) is 1. The molecule has 50 heavy (non-hydrogen) atoms. The lowest BCUT2D eigenvalue weighted by molar-refractivity contribution is -0.139. The summed E-state index contributed by atoms with van der Waals surface area (Å²) < 4.78 is 24.0. The Morgan fingerprint density at radius 3 is 2.42 bits per heavy atom. The van der Waals surface area contributed by atoms with Crippen molar-refractivity contribution in [2.45, 2.75) is 39.1 Å². The van der Waals surface area contributed by atoms with Crippen molar-refractivity contribution in [2.75, 3.05) is 13.2 Å². The van der Waals surface area contributed by atoms with Gasteiger partial charge < -0.3 is 29.2 Å². The van der Waals surface area contributed by atoms with Crippen molar-refractivity contribution in [3.63, 3.8) is 0 Å². The van der Waals surface area contributed by atoms with Crippen molar-refractivity contribution in [3.8, 4) is 45.9 Å². The lowest BCUT2D eigenvalue weighted by Gasteiger charge is -2.20. The zero-order chi connectivity index (χ0) is 35.0. The van der Waals surface area contributed by atoms with Crippen LogP contribution in [0.5, 0.6) is 28.7 Å². The van der Waals surface area contributed by atoms with Crippen molar-refractivity contribution in [2.24, 2.45) is 0 Å². The molecule has 1 heterocycles. The number of nitriles is 1. The van der Waals surface area contributed by atoms with E-state index >= 15 is 0 Å². The highest BCUT2D eigenvalue weighted by Gasteiger charge is 2.20. The normalized spacial score (nSPS) is 12.5. The fourth-order valence-electron chi connectivity index (χ4n) is 5.72. The molecular weight excluding hydrogens is 656 g/mol. The second kappa shape index (κ2) is 15.7. The van der Waals surface area contributed by atoms with Gasteiger partial charge in [0.05, 0.1) is 16.7 Å². The highest BCUT2D eigenvalue weighted by atomic mass is 35.5. The van der Waals surface area contributed by atoms with Crippen molar-refractivity contribution < 1.29 is 34.0 Å². The van der Waals surface area contributed by atoms with Gasteiger partial charge in [0.1, 0.15) is 49.7 Å². The predicted octanol–water partition coefficient (Wildman–Crippen LogP) is 7.61. The number of nitrogens with one attached hydrogen (secondary N) is 1. The molecule has 1 aliphatic heterocycles. The number of aromatic hydroxyl groups is 1. The number of halogens is 1. The van der Waals surface area contributed by atoms with Crippen LogP contribution in [0.15, 0.2) is 97.1 Å². The molecule has 0 saturated carbocycles. The second-order valence-electron chi connectivity index (χ2n) is 11.9. The Bertz CT molecular complexity index is 2040. The molecule has 0 saturated heterocycles. The van der Waals surface area contributed by atoms with E-state index in [9.17, 15) is 20.3 Å². The predicted molar refractivity (Wildman–Crippen MR) is 189 cm³/mol. The van der Waals surface area contributed by atoms with Gasteiger partial charge >= 0.3 is 5.97 Å². The van der Waals surface area contributed by atoms with Gasteiger partial charge in [0, 0.05) is 18.2 Å². The molecule has 0 aromatic heterocycles. The van der Waals surface area contributed by atoms with Crippen LogP contribution in [-0.2, 0) is 31.0 Å². The molecule has 254 valence electrons. The SMILES string of the molecule is Cc1c(COc2cc(OCc3cccc(C#N)c3)c(CNC(Cc3ccc(O)cc3)C(=O)O)cc2Cl)cccc1-c1ccc2c(c1)OCCO2. The summed E-state index contributed by atoms with van der Waals surface area (Å²) in [4.78, 5) is 12.2. The van der Waals surface area contributed by atoms with E-state index in [0.29, 0.717) is 40.9 Å². The summed E-state index contributed by atoms with van der Waals surface area (Å²) >= 11 is 6.77. The zero-order valence-electron chi connectivity index (χ0n) is 27.3. The van der Waals surface area contributed by atoms with Gasteiger partial charge in [-0.1, -0.05) is 60.1 Å². The van der Waals surface area contributed by atoms with Crippen LogP contribution >= 0.6 is 11.6 Å². The maximum Gasteiger partial charge on any atom is 0.321 e. The van der Waals surface area contributed by atoms with Crippen LogP contribution in [0.2, 0.25) is 5.02 Å². The molecule has 0 amide bonds. The lowest BCUT2D eigenvalue weighted by atomic mass is 9.96. The summed E-state index contributed by atoms with van der Waals surface area (Å²) in [6.45, 7) is 3.62. The average molecular weight is 691 g/mol. The molecular formula is C40H35ClN2O7. The number of ether oxygens (including phenoxy) is 4. The van der Waals surface area contributed by atoms with Gasteiger partial charge in [-0.2, -0.15) is 5.26 Å². The summed E-state index contributed by atoms with van der Waals surface area (Å²) in [5.74, 6) is 1.40. The molecule has 1 unspecified atom stereocenters. The Morgan fingerprint density at radius 2 is 1.64 bits per heavy atom. The number of phenolic OH excluding ortho intramolecular Hbond substituents is 1. The van der Waals surface area contributed by atoms with Gasteiger partial charge in [-0.3, -0.25) is 10.1 Å². The fourth-order valence-corrected chi connectivity index (χ4v) is 5.96. The van der Waals surface area contributed by atoms with Crippen LogP contribution in [0.25, 0.3) is 11.1 Å². The Morgan fingerprint density at radius 1 is 0.880 bits per heavy atom. The standard InChI is InChI=1S/C40H35ClN2O7/c1-25-30(6-3-7-33(25)29-10-13-36-39(19-29)48-15-14-47-36)24-50-38-20-37(49-23-28-5-2-4-27(16-28)21-42)31(18-34(38)41)22-43-35(40(45)46)17-26-8-11-32(44)12-9-26/h2-13,16,18-20,35,43-44H,14-15,17,22-24H2,1H3,(H,45,46). The zero-order valence-corrected chi connectivity index (χ0v) is 28.1. The van der Waals surface area contributed by atoms with Crippen molar-refractivity contribution in [3.05, 3.63) is 135 Å². The molecule has 3 N–H and O–H groups in total. The van der Waals surface area contributed by atoms with Gasteiger partial charge in [-0.05, 0) is 89.2 Å². The third-order valence-electron chi connectivity index (χ3n) is 8.46. The van der Waals surface area contributed by atoms with E-state index < -0.39 is 12.0 Å². The minimum Gasteiger partial charge on any atom is -0.508 e. The van der Waals surface area contributed by atoms with Crippen molar-refractivity contribution in [1.29, 1.82) is 5.26 Å². The van der Waals surface area contributed by atoms with Crippen LogP contribution in [-0.4, -0.2) is 35.4 Å². The highest BCUT2D eigenvalue weighted by molar-refractivity contribution is 6.32. The number of carboxylic acid groups (broad SMARTS) is 1. The summed E-state index contributed by atoms with van der Waals surface area (Å²) in [5, 5.41) is 32.4. The second-order valence-corrected chi connectivity index (χ2v) is 12.3. The monoisotopic (exact) mass is 690 g/mol. The number of phenols is 1. The quantitative estimate of drug-likeness (QED) is 0.114. The van der Waals surface area contributed by atoms with E-state index in [4.69, 9.17) is 30.5 Å². The maximum absolute atomic E-state index is 12.2. The number of hydrogen-bond donors (Lipinski definition) is 3. The minimum absolute atomic E-state index is 0.107. The van der Waals surface area contributed by atoms with Crippen LogP contribution in [0.1, 0.15) is 33.4 Å². The van der Waals surface area contributed by atoms with Gasteiger partial charge in [0.25, 0.3) is 0 Å². The van der Waals surface area contributed by atoms with Crippen LogP contribution in [0, 0.1) is 18.3 Å². The summed E-state index contributed by atoms with van der Waals surface area (Å²) in [5.41, 5.74) is 6.75. The van der Waals surface area contributed by atoms with Gasteiger partial charge in [0.2, 0.25) is 0 Å². The molecule has 1 atom stereocenters. The molecule has 0 bridgehead atoms.